The average molecular weight is 438 g/mol. The average Bonchev–Trinajstić information content (AvgIpc) is 3.17. The van der Waals surface area contributed by atoms with Crippen LogP contribution < -0.4 is 15.9 Å². The van der Waals surface area contributed by atoms with E-state index in [9.17, 15) is 14.4 Å². The van der Waals surface area contributed by atoms with E-state index >= 15 is 0 Å². The number of methoxy groups -OCH3 is 1. The summed E-state index contributed by atoms with van der Waals surface area (Å²) in [6.45, 7) is 6.29. The molecule has 4 rings (SSSR count). The van der Waals surface area contributed by atoms with Gasteiger partial charge >= 0.3 is 11.7 Å². The van der Waals surface area contributed by atoms with Gasteiger partial charge in [0.1, 0.15) is 0 Å². The third-order valence-electron chi connectivity index (χ3n) is 5.99. The number of aromatic nitrogens is 2. The lowest BCUT2D eigenvalue weighted by Crippen LogP contribution is -2.57. The van der Waals surface area contributed by atoms with Gasteiger partial charge in [-0.3, -0.25) is 9.69 Å². The summed E-state index contributed by atoms with van der Waals surface area (Å²) in [5.74, 6) is -0.443. The number of nitrogens with one attached hydrogen (secondary N) is 3. The highest BCUT2D eigenvalue weighted by atomic mass is 16.5. The Kier molecular flexibility index (Phi) is 6.00. The van der Waals surface area contributed by atoms with Gasteiger partial charge in [0.2, 0.25) is 5.91 Å². The smallest absolute Gasteiger partial charge is 0.337 e. The number of esters is 1. The van der Waals surface area contributed by atoms with Crippen molar-refractivity contribution >= 4 is 34.3 Å². The maximum absolute atomic E-state index is 12.9. The maximum atomic E-state index is 12.9. The molecule has 0 bridgehead atoms. The minimum absolute atomic E-state index is 0.0926. The van der Waals surface area contributed by atoms with Crippen LogP contribution in [0, 0.1) is 0 Å². The lowest BCUT2D eigenvalue weighted by molar-refractivity contribution is -0.121. The molecule has 168 valence electrons. The molecule has 1 saturated heterocycles. The normalized spacial score (nSPS) is 17.8. The van der Waals surface area contributed by atoms with E-state index in [4.69, 9.17) is 4.74 Å². The Hall–Kier alpha value is -3.59. The van der Waals surface area contributed by atoms with Crippen LogP contribution in [-0.2, 0) is 9.53 Å². The first-order chi connectivity index (χ1) is 15.4. The minimum Gasteiger partial charge on any atom is -0.465 e. The number of carbonyl (C=O) groups is 2. The van der Waals surface area contributed by atoms with Crippen LogP contribution in [0.4, 0.5) is 11.4 Å². The number of amides is 1. The largest absolute Gasteiger partial charge is 0.465 e. The summed E-state index contributed by atoms with van der Waals surface area (Å²) in [6.07, 6.45) is 0. The van der Waals surface area contributed by atoms with Gasteiger partial charge in [-0.05, 0) is 56.3 Å². The number of imidazole rings is 1. The summed E-state index contributed by atoms with van der Waals surface area (Å²) >= 11 is 0. The highest BCUT2D eigenvalue weighted by Crippen LogP contribution is 2.22. The third-order valence-corrected chi connectivity index (χ3v) is 5.99. The quantitative estimate of drug-likeness (QED) is 0.528. The maximum Gasteiger partial charge on any atom is 0.337 e. The molecule has 1 fully saturated rings. The van der Waals surface area contributed by atoms with Gasteiger partial charge in [-0.1, -0.05) is 0 Å². The molecule has 1 aliphatic rings. The standard InChI is InChI=1S/C23H27N5O4/c1-14-13-27(18-7-4-16(5-8-18)22(30)32-3)10-11-28(14)15(2)21(29)24-17-6-9-19-20(12-17)26-23(31)25-19/h4-9,12,14-15H,10-11,13H2,1-3H3,(H,24,29)(H2,25,26,31). The fraction of sp³-hybridized carbons (Fsp3) is 0.348. The zero-order valence-corrected chi connectivity index (χ0v) is 18.3. The van der Waals surface area contributed by atoms with Crippen molar-refractivity contribution in [3.05, 3.63) is 58.5 Å². The van der Waals surface area contributed by atoms with Gasteiger partial charge in [0, 0.05) is 37.1 Å². The molecule has 2 unspecified atom stereocenters. The monoisotopic (exact) mass is 437 g/mol. The van der Waals surface area contributed by atoms with E-state index in [1.807, 2.05) is 19.1 Å². The topological polar surface area (TPSA) is 111 Å². The predicted molar refractivity (Wildman–Crippen MR) is 123 cm³/mol. The van der Waals surface area contributed by atoms with E-state index in [1.165, 1.54) is 7.11 Å². The molecule has 1 amide bonds. The van der Waals surface area contributed by atoms with Crippen LogP contribution in [0.25, 0.3) is 11.0 Å². The summed E-state index contributed by atoms with van der Waals surface area (Å²) in [5, 5.41) is 2.95. The molecule has 32 heavy (non-hydrogen) atoms. The minimum atomic E-state index is -0.350. The number of nitrogens with zero attached hydrogens (tertiary/aromatic N) is 2. The second kappa shape index (κ2) is 8.88. The number of aromatic amines is 2. The van der Waals surface area contributed by atoms with E-state index in [1.54, 1.807) is 30.3 Å². The summed E-state index contributed by atoms with van der Waals surface area (Å²) in [5.41, 5.74) is 3.28. The lowest BCUT2D eigenvalue weighted by atomic mass is 10.1. The number of fused-ring (bicyclic) bond motifs is 1. The van der Waals surface area contributed by atoms with Crippen molar-refractivity contribution in [3.63, 3.8) is 0 Å². The first-order valence-electron chi connectivity index (χ1n) is 10.6. The number of piperazine rings is 1. The first-order valence-corrected chi connectivity index (χ1v) is 10.6. The van der Waals surface area contributed by atoms with Crippen LogP contribution in [0.2, 0.25) is 0 Å². The second-order valence-electron chi connectivity index (χ2n) is 8.08. The number of ether oxygens (including phenoxy) is 1. The van der Waals surface area contributed by atoms with E-state index in [0.717, 1.165) is 25.3 Å². The van der Waals surface area contributed by atoms with E-state index < -0.39 is 0 Å². The molecule has 0 spiro atoms. The molecule has 2 atom stereocenters. The molecule has 9 nitrogen and oxygen atoms in total. The van der Waals surface area contributed by atoms with Crippen LogP contribution in [0.15, 0.2) is 47.3 Å². The van der Waals surface area contributed by atoms with Crippen molar-refractivity contribution in [1.29, 1.82) is 0 Å². The van der Waals surface area contributed by atoms with Crippen molar-refractivity contribution in [1.82, 2.24) is 14.9 Å². The van der Waals surface area contributed by atoms with Gasteiger partial charge in [-0.2, -0.15) is 0 Å². The van der Waals surface area contributed by atoms with E-state index in [2.05, 4.69) is 32.0 Å². The number of hydrogen-bond acceptors (Lipinski definition) is 6. The second-order valence-corrected chi connectivity index (χ2v) is 8.08. The molecule has 9 heteroatoms. The summed E-state index contributed by atoms with van der Waals surface area (Å²) in [6, 6.07) is 12.5. The van der Waals surface area contributed by atoms with Crippen molar-refractivity contribution in [2.75, 3.05) is 37.0 Å². The Morgan fingerprint density at radius 3 is 2.50 bits per heavy atom. The molecular weight excluding hydrogens is 410 g/mol. The van der Waals surface area contributed by atoms with Gasteiger partial charge in [0.25, 0.3) is 0 Å². The third kappa shape index (κ3) is 4.38. The molecule has 0 saturated carbocycles. The molecule has 1 aliphatic heterocycles. The Morgan fingerprint density at radius 1 is 1.09 bits per heavy atom. The fourth-order valence-electron chi connectivity index (χ4n) is 4.22. The van der Waals surface area contributed by atoms with Crippen LogP contribution in [0.5, 0.6) is 0 Å². The first kappa shape index (κ1) is 21.6. The fourth-order valence-corrected chi connectivity index (χ4v) is 4.22. The van der Waals surface area contributed by atoms with Gasteiger partial charge in [-0.15, -0.1) is 0 Å². The lowest BCUT2D eigenvalue weighted by Gasteiger charge is -2.43. The Morgan fingerprint density at radius 2 is 1.81 bits per heavy atom. The number of hydrogen-bond donors (Lipinski definition) is 3. The molecule has 0 aliphatic carbocycles. The number of benzene rings is 2. The molecular formula is C23H27N5O4. The van der Waals surface area contributed by atoms with Crippen molar-refractivity contribution in [2.45, 2.75) is 25.9 Å². The highest BCUT2D eigenvalue weighted by molar-refractivity contribution is 5.96. The van der Waals surface area contributed by atoms with Crippen molar-refractivity contribution < 1.29 is 14.3 Å². The van der Waals surface area contributed by atoms with Crippen LogP contribution in [-0.4, -0.2) is 65.6 Å². The zero-order valence-electron chi connectivity index (χ0n) is 18.3. The molecule has 0 radical (unpaired) electrons. The Balaban J connectivity index is 1.38. The number of anilines is 2. The Labute approximate surface area is 185 Å². The number of carbonyl (C=O) groups excluding carboxylic acids is 2. The highest BCUT2D eigenvalue weighted by Gasteiger charge is 2.31. The van der Waals surface area contributed by atoms with E-state index in [0.29, 0.717) is 22.3 Å². The Bertz CT molecular complexity index is 1180. The van der Waals surface area contributed by atoms with Crippen LogP contribution in [0.3, 0.4) is 0 Å². The SMILES string of the molecule is COC(=O)c1ccc(N2CCN(C(C)C(=O)Nc3ccc4[nH]c(=O)[nH]c4c3)C(C)C2)cc1. The van der Waals surface area contributed by atoms with Gasteiger partial charge in [-0.25, -0.2) is 9.59 Å². The summed E-state index contributed by atoms with van der Waals surface area (Å²) < 4.78 is 4.75. The number of rotatable bonds is 5. The van der Waals surface area contributed by atoms with Gasteiger partial charge in [0.15, 0.2) is 0 Å². The van der Waals surface area contributed by atoms with Gasteiger partial charge < -0.3 is 24.9 Å². The van der Waals surface area contributed by atoms with Crippen molar-refractivity contribution in [2.24, 2.45) is 0 Å². The molecule has 2 heterocycles. The molecule has 3 N–H and O–H groups in total. The molecule has 3 aromatic rings. The van der Waals surface area contributed by atoms with Gasteiger partial charge in [0.05, 0.1) is 29.7 Å². The molecule has 1 aromatic heterocycles. The van der Waals surface area contributed by atoms with Crippen molar-refractivity contribution in [3.8, 4) is 0 Å². The summed E-state index contributed by atoms with van der Waals surface area (Å²) in [4.78, 5) is 45.8. The summed E-state index contributed by atoms with van der Waals surface area (Å²) in [7, 11) is 1.37. The van der Waals surface area contributed by atoms with E-state index in [-0.39, 0.29) is 29.6 Å². The number of H-pyrrole nitrogens is 2. The van der Waals surface area contributed by atoms with Crippen LogP contribution in [0.1, 0.15) is 24.2 Å². The van der Waals surface area contributed by atoms with Crippen LogP contribution >= 0.6 is 0 Å². The molecule has 2 aromatic carbocycles. The zero-order chi connectivity index (χ0) is 22.8. The predicted octanol–water partition coefficient (Wildman–Crippen LogP) is 2.18.